The Morgan fingerprint density at radius 1 is 1.19 bits per heavy atom. The Kier molecular flexibility index (Phi) is 12.7. The third kappa shape index (κ3) is 8.04. The zero-order valence-corrected chi connectivity index (χ0v) is 22.3. The summed E-state index contributed by atoms with van der Waals surface area (Å²) in [5, 5.41) is 3.51. The Labute approximate surface area is 210 Å². The molecule has 0 radical (unpaired) electrons. The molecule has 2 aliphatic heterocycles. The van der Waals surface area contributed by atoms with Gasteiger partial charge >= 0.3 is 0 Å². The molecule has 8 heteroatoms. The molecule has 1 aromatic rings. The molecule has 32 heavy (non-hydrogen) atoms. The van der Waals surface area contributed by atoms with Crippen LogP contribution < -0.4 is 10.1 Å². The Balaban J connectivity index is 0.00000363. The maximum atomic E-state index is 5.76. The minimum absolute atomic E-state index is 0. The van der Waals surface area contributed by atoms with E-state index in [1.165, 1.54) is 18.4 Å². The van der Waals surface area contributed by atoms with Crippen LogP contribution >= 0.6 is 24.0 Å². The van der Waals surface area contributed by atoms with Gasteiger partial charge in [0.1, 0.15) is 5.75 Å². The van der Waals surface area contributed by atoms with E-state index in [2.05, 4.69) is 40.2 Å². The van der Waals surface area contributed by atoms with Crippen LogP contribution in [-0.4, -0.2) is 89.1 Å². The molecule has 2 fully saturated rings. The average Bonchev–Trinajstić information content (AvgIpc) is 3.49. The van der Waals surface area contributed by atoms with E-state index in [1.54, 1.807) is 14.2 Å². The van der Waals surface area contributed by atoms with Crippen LogP contribution in [0.4, 0.5) is 0 Å². The maximum absolute atomic E-state index is 5.76. The highest BCUT2D eigenvalue weighted by molar-refractivity contribution is 14.0. The number of nitrogens with one attached hydrogen (secondary N) is 1. The molecule has 182 valence electrons. The molecule has 2 atom stereocenters. The van der Waals surface area contributed by atoms with Crippen LogP contribution in [0.5, 0.6) is 5.75 Å². The summed E-state index contributed by atoms with van der Waals surface area (Å²) in [7, 11) is 3.44. The van der Waals surface area contributed by atoms with Crippen LogP contribution in [0.15, 0.2) is 29.3 Å². The lowest BCUT2D eigenvalue weighted by molar-refractivity contribution is 0.0536. The third-order valence-corrected chi connectivity index (χ3v) is 6.18. The van der Waals surface area contributed by atoms with Gasteiger partial charge in [-0.15, -0.1) is 24.0 Å². The first-order valence-electron chi connectivity index (χ1n) is 11.7. The number of methoxy groups -OCH3 is 2. The highest BCUT2D eigenvalue weighted by atomic mass is 127. The van der Waals surface area contributed by atoms with Crippen molar-refractivity contribution in [2.75, 3.05) is 73.3 Å². The number of rotatable bonds is 11. The summed E-state index contributed by atoms with van der Waals surface area (Å²) in [6.45, 7) is 10.2. The van der Waals surface area contributed by atoms with Gasteiger partial charge in [0.15, 0.2) is 5.96 Å². The highest BCUT2D eigenvalue weighted by Gasteiger charge is 2.27. The summed E-state index contributed by atoms with van der Waals surface area (Å²) < 4.78 is 16.3. The van der Waals surface area contributed by atoms with Crippen LogP contribution in [0.2, 0.25) is 0 Å². The topological polar surface area (TPSA) is 58.6 Å². The van der Waals surface area contributed by atoms with Crippen molar-refractivity contribution in [1.29, 1.82) is 0 Å². The van der Waals surface area contributed by atoms with Crippen molar-refractivity contribution in [2.24, 2.45) is 10.9 Å². The van der Waals surface area contributed by atoms with E-state index in [-0.39, 0.29) is 30.0 Å². The van der Waals surface area contributed by atoms with Gasteiger partial charge in [-0.05, 0) is 57.0 Å². The Morgan fingerprint density at radius 2 is 2.00 bits per heavy atom. The van der Waals surface area contributed by atoms with Crippen LogP contribution in [-0.2, 0) is 9.47 Å². The first-order valence-corrected chi connectivity index (χ1v) is 11.7. The van der Waals surface area contributed by atoms with E-state index in [9.17, 15) is 0 Å². The lowest BCUT2D eigenvalue weighted by atomic mass is 10.1. The number of likely N-dealkylation sites (tertiary alicyclic amines) is 2. The molecule has 0 saturated carbocycles. The summed E-state index contributed by atoms with van der Waals surface area (Å²) in [4.78, 5) is 10.1. The molecule has 1 N–H and O–H groups in total. The third-order valence-electron chi connectivity index (χ3n) is 6.18. The predicted molar refractivity (Wildman–Crippen MR) is 140 cm³/mol. The molecule has 2 heterocycles. The highest BCUT2D eigenvalue weighted by Crippen LogP contribution is 2.28. The summed E-state index contributed by atoms with van der Waals surface area (Å²) in [6.07, 6.45) is 3.67. The fourth-order valence-electron chi connectivity index (χ4n) is 4.49. The zero-order valence-electron chi connectivity index (χ0n) is 19.9. The molecule has 0 aliphatic carbocycles. The quantitative estimate of drug-likeness (QED) is 0.194. The summed E-state index contributed by atoms with van der Waals surface area (Å²) in [6, 6.07) is 8.74. The van der Waals surface area contributed by atoms with Gasteiger partial charge in [0, 0.05) is 32.7 Å². The standard InChI is InChI=1S/C24H40N4O3.HI/c1-4-25-24(28-13-10-20(18-28)19-31-15-14-29-2)26-17-23(27-11-5-6-12-27)21-8-7-9-22(16-21)30-3;/h7-9,16,20,23H,4-6,10-15,17-19H2,1-3H3,(H,25,26);1H. The average molecular weight is 561 g/mol. The van der Waals surface area contributed by atoms with Gasteiger partial charge in [-0.2, -0.15) is 0 Å². The fourth-order valence-corrected chi connectivity index (χ4v) is 4.49. The van der Waals surface area contributed by atoms with E-state index in [0.717, 1.165) is 64.0 Å². The maximum Gasteiger partial charge on any atom is 0.193 e. The normalized spacial score (nSPS) is 20.3. The lowest BCUT2D eigenvalue weighted by Crippen LogP contribution is -2.41. The second kappa shape index (κ2) is 14.9. The Bertz CT molecular complexity index is 685. The largest absolute Gasteiger partial charge is 0.497 e. The monoisotopic (exact) mass is 560 g/mol. The molecule has 0 aromatic heterocycles. The van der Waals surface area contributed by atoms with Crippen molar-refractivity contribution in [3.63, 3.8) is 0 Å². The molecule has 2 aliphatic rings. The smallest absolute Gasteiger partial charge is 0.193 e. The van der Waals surface area contributed by atoms with Gasteiger partial charge in [-0.25, -0.2) is 0 Å². The van der Waals surface area contributed by atoms with Crippen molar-refractivity contribution < 1.29 is 14.2 Å². The zero-order chi connectivity index (χ0) is 21.9. The predicted octanol–water partition coefficient (Wildman–Crippen LogP) is 3.40. The molecule has 0 spiro atoms. The number of halogens is 1. The van der Waals surface area contributed by atoms with Crippen LogP contribution in [0, 0.1) is 5.92 Å². The van der Waals surface area contributed by atoms with Gasteiger partial charge in [0.25, 0.3) is 0 Å². The molecular formula is C24H41IN4O3. The number of aliphatic imine (C=N–C) groups is 1. The lowest BCUT2D eigenvalue weighted by Gasteiger charge is -2.28. The number of guanidine groups is 1. The molecule has 3 rings (SSSR count). The molecule has 1 aromatic carbocycles. The Morgan fingerprint density at radius 3 is 2.72 bits per heavy atom. The molecule has 7 nitrogen and oxygen atoms in total. The van der Waals surface area contributed by atoms with E-state index in [0.29, 0.717) is 19.1 Å². The van der Waals surface area contributed by atoms with Crippen molar-refractivity contribution in [3.8, 4) is 5.75 Å². The van der Waals surface area contributed by atoms with Gasteiger partial charge in [-0.3, -0.25) is 9.89 Å². The van der Waals surface area contributed by atoms with Crippen molar-refractivity contribution in [3.05, 3.63) is 29.8 Å². The number of benzene rings is 1. The van der Waals surface area contributed by atoms with Crippen LogP contribution in [0.25, 0.3) is 0 Å². The van der Waals surface area contributed by atoms with Gasteiger partial charge in [0.05, 0.1) is 39.5 Å². The van der Waals surface area contributed by atoms with Gasteiger partial charge in [-0.1, -0.05) is 12.1 Å². The van der Waals surface area contributed by atoms with E-state index in [1.807, 2.05) is 6.07 Å². The number of ether oxygens (including phenoxy) is 3. The summed E-state index contributed by atoms with van der Waals surface area (Å²) in [5.41, 5.74) is 1.28. The van der Waals surface area contributed by atoms with Crippen LogP contribution in [0.3, 0.4) is 0 Å². The minimum Gasteiger partial charge on any atom is -0.497 e. The first kappa shape index (κ1) is 27.1. The first-order chi connectivity index (χ1) is 15.2. The van der Waals surface area contributed by atoms with E-state index in [4.69, 9.17) is 19.2 Å². The molecular weight excluding hydrogens is 519 g/mol. The number of nitrogens with zero attached hydrogens (tertiary/aromatic N) is 3. The van der Waals surface area contributed by atoms with Crippen LogP contribution in [0.1, 0.15) is 37.8 Å². The molecule has 0 bridgehead atoms. The second-order valence-electron chi connectivity index (χ2n) is 8.40. The van der Waals surface area contributed by atoms with Crippen molar-refractivity contribution in [1.82, 2.24) is 15.1 Å². The second-order valence-corrected chi connectivity index (χ2v) is 8.40. The summed E-state index contributed by atoms with van der Waals surface area (Å²) in [5.74, 6) is 2.48. The van der Waals surface area contributed by atoms with Gasteiger partial charge in [0.2, 0.25) is 0 Å². The molecule has 0 amide bonds. The van der Waals surface area contributed by atoms with Crippen molar-refractivity contribution >= 4 is 29.9 Å². The number of hydrogen-bond donors (Lipinski definition) is 1. The fraction of sp³-hybridized carbons (Fsp3) is 0.708. The molecule has 2 unspecified atom stereocenters. The van der Waals surface area contributed by atoms with E-state index >= 15 is 0 Å². The summed E-state index contributed by atoms with van der Waals surface area (Å²) >= 11 is 0. The SMILES string of the molecule is CCNC(=NCC(c1cccc(OC)c1)N1CCCC1)N1CCC(COCCOC)C1.I. The number of hydrogen-bond acceptors (Lipinski definition) is 5. The Hall–Kier alpha value is -1.10. The minimum atomic E-state index is 0. The van der Waals surface area contributed by atoms with Crippen molar-refractivity contribution in [2.45, 2.75) is 32.2 Å². The van der Waals surface area contributed by atoms with Gasteiger partial charge < -0.3 is 24.4 Å². The van der Waals surface area contributed by atoms with E-state index < -0.39 is 0 Å². The molecule has 2 saturated heterocycles.